The van der Waals surface area contributed by atoms with Gasteiger partial charge in [-0.1, -0.05) is 106 Å². The lowest BCUT2D eigenvalue weighted by Gasteiger charge is -2.32. The lowest BCUT2D eigenvalue weighted by atomic mass is 9.84. The quantitative estimate of drug-likeness (QED) is 0.153. The number of rotatable bonds is 12. The van der Waals surface area contributed by atoms with Gasteiger partial charge in [-0.25, -0.2) is 4.39 Å². The zero-order chi connectivity index (χ0) is 35.7. The molecule has 2 N–H and O–H groups in total. The fourth-order valence-electron chi connectivity index (χ4n) is 5.07. The van der Waals surface area contributed by atoms with Crippen LogP contribution in [0.25, 0.3) is 0 Å². The van der Waals surface area contributed by atoms with Gasteiger partial charge in [0.15, 0.2) is 5.67 Å². The molecule has 0 radical (unpaired) electrons. The molecule has 0 amide bonds. The van der Waals surface area contributed by atoms with E-state index < -0.39 is 29.8 Å². The zero-order valence-corrected chi connectivity index (χ0v) is 29.3. The number of alkyl halides is 1. The maximum Gasteiger partial charge on any atom is 0.322 e. The predicted octanol–water partition coefficient (Wildman–Crippen LogP) is 8.38. The molecular weight excluding hydrogens is 609 g/mol. The summed E-state index contributed by atoms with van der Waals surface area (Å²) in [5, 5.41) is 0. The van der Waals surface area contributed by atoms with Crippen LogP contribution in [-0.2, 0) is 24.7 Å². The number of carbonyl (C=O) groups is 2. The highest BCUT2D eigenvalue weighted by molar-refractivity contribution is 5.75. The summed E-state index contributed by atoms with van der Waals surface area (Å²) >= 11 is 0. The first-order valence-corrected chi connectivity index (χ1v) is 16.3. The molecule has 0 fully saturated rings. The van der Waals surface area contributed by atoms with Crippen LogP contribution in [0.15, 0.2) is 109 Å². The SMILES string of the molecule is CC.CCC(=O)OC(C)C(F)(c1ccccc1)c1ccccc1.COc1ccc(C(c2ccc(OC)cc2)C(C)OC(=O)[C@H](C)N)cc1. The minimum atomic E-state index is -1.87. The molecular formula is C40H50FNO6. The van der Waals surface area contributed by atoms with Crippen molar-refractivity contribution in [1.29, 1.82) is 0 Å². The molecule has 0 aliphatic carbocycles. The highest BCUT2D eigenvalue weighted by Gasteiger charge is 2.42. The molecule has 8 heteroatoms. The first-order chi connectivity index (χ1) is 23.0. The summed E-state index contributed by atoms with van der Waals surface area (Å²) < 4.78 is 37.1. The highest BCUT2D eigenvalue weighted by atomic mass is 19.1. The maximum absolute atomic E-state index is 15.9. The summed E-state index contributed by atoms with van der Waals surface area (Å²) in [6.45, 7) is 10.8. The summed E-state index contributed by atoms with van der Waals surface area (Å²) in [6.07, 6.45) is -1.06. The largest absolute Gasteiger partial charge is 0.497 e. The van der Waals surface area contributed by atoms with Gasteiger partial charge in [0.2, 0.25) is 0 Å². The molecule has 0 spiro atoms. The third kappa shape index (κ3) is 10.7. The van der Waals surface area contributed by atoms with Crippen LogP contribution in [0.2, 0.25) is 0 Å². The van der Waals surface area contributed by atoms with E-state index in [2.05, 4.69) is 0 Å². The van der Waals surface area contributed by atoms with Gasteiger partial charge < -0.3 is 24.7 Å². The van der Waals surface area contributed by atoms with E-state index in [1.807, 2.05) is 81.4 Å². The van der Waals surface area contributed by atoms with E-state index in [0.717, 1.165) is 22.6 Å². The molecule has 0 saturated heterocycles. The van der Waals surface area contributed by atoms with Crippen molar-refractivity contribution in [3.63, 3.8) is 0 Å². The van der Waals surface area contributed by atoms with Gasteiger partial charge in [0.1, 0.15) is 29.7 Å². The number of carbonyl (C=O) groups excluding carboxylic acids is 2. The average molecular weight is 660 g/mol. The van der Waals surface area contributed by atoms with Gasteiger partial charge in [0.05, 0.1) is 14.2 Å². The standard InChI is InChI=1S/C20H25NO4.C18H19FO2.C2H6/c1-13(21)20(22)25-14(2)19(15-5-9-17(23-3)10-6-15)16-7-11-18(24-4)12-8-16;1-3-17(20)21-14(2)18(19,15-10-6-4-7-11-15)16-12-8-5-9-13-16;1-2/h5-14,19H,21H2,1-4H3;4-14H,3H2,1-2H3;1-2H3/t13-,14?;;/m0../s1. The van der Waals surface area contributed by atoms with Crippen LogP contribution < -0.4 is 15.2 Å². The van der Waals surface area contributed by atoms with Gasteiger partial charge in [-0.2, -0.15) is 0 Å². The summed E-state index contributed by atoms with van der Waals surface area (Å²) in [6, 6.07) is 32.4. The van der Waals surface area contributed by atoms with Gasteiger partial charge >= 0.3 is 11.9 Å². The molecule has 0 heterocycles. The van der Waals surface area contributed by atoms with E-state index >= 15 is 4.39 Å². The van der Waals surface area contributed by atoms with Crippen LogP contribution in [0.1, 0.15) is 76.1 Å². The van der Waals surface area contributed by atoms with Crippen molar-refractivity contribution in [2.24, 2.45) is 5.73 Å². The molecule has 3 atom stereocenters. The van der Waals surface area contributed by atoms with Gasteiger partial charge in [-0.3, -0.25) is 9.59 Å². The third-order valence-electron chi connectivity index (χ3n) is 7.64. The van der Waals surface area contributed by atoms with Crippen molar-refractivity contribution in [1.82, 2.24) is 0 Å². The summed E-state index contributed by atoms with van der Waals surface area (Å²) in [5.41, 5.74) is 6.77. The zero-order valence-electron chi connectivity index (χ0n) is 29.3. The Bertz CT molecular complexity index is 1410. The smallest absolute Gasteiger partial charge is 0.322 e. The van der Waals surface area contributed by atoms with E-state index in [-0.39, 0.29) is 18.4 Å². The van der Waals surface area contributed by atoms with Crippen molar-refractivity contribution in [3.05, 3.63) is 131 Å². The average Bonchev–Trinajstić information content (AvgIpc) is 3.13. The van der Waals surface area contributed by atoms with Gasteiger partial charge in [0, 0.05) is 12.3 Å². The number of nitrogens with two attached hydrogens (primary N) is 1. The van der Waals surface area contributed by atoms with Crippen LogP contribution in [0.4, 0.5) is 4.39 Å². The minimum absolute atomic E-state index is 0.125. The topological polar surface area (TPSA) is 97.1 Å². The summed E-state index contributed by atoms with van der Waals surface area (Å²) in [5.74, 6) is 0.602. The molecule has 48 heavy (non-hydrogen) atoms. The Balaban J connectivity index is 0.000000321. The van der Waals surface area contributed by atoms with E-state index in [1.165, 1.54) is 0 Å². The fourth-order valence-corrected chi connectivity index (χ4v) is 5.07. The van der Waals surface area contributed by atoms with Crippen molar-refractivity contribution < 1.29 is 32.9 Å². The Morgan fingerprint density at radius 3 is 1.42 bits per heavy atom. The first kappa shape index (κ1) is 39.5. The van der Waals surface area contributed by atoms with Crippen molar-refractivity contribution in [2.75, 3.05) is 14.2 Å². The number of methoxy groups -OCH3 is 2. The molecule has 0 bridgehead atoms. The van der Waals surface area contributed by atoms with Crippen LogP contribution in [0, 0.1) is 0 Å². The highest BCUT2D eigenvalue weighted by Crippen LogP contribution is 2.39. The van der Waals surface area contributed by atoms with E-state index in [4.69, 9.17) is 24.7 Å². The molecule has 0 saturated carbocycles. The molecule has 4 aromatic rings. The second kappa shape index (κ2) is 19.9. The number of benzene rings is 4. The molecule has 258 valence electrons. The lowest BCUT2D eigenvalue weighted by Crippen LogP contribution is -2.37. The molecule has 0 aromatic heterocycles. The Morgan fingerprint density at radius 1 is 0.688 bits per heavy atom. The van der Waals surface area contributed by atoms with Crippen LogP contribution in [-0.4, -0.2) is 44.4 Å². The first-order valence-electron chi connectivity index (χ1n) is 16.3. The number of hydrogen-bond donors (Lipinski definition) is 1. The molecule has 7 nitrogen and oxygen atoms in total. The van der Waals surface area contributed by atoms with Crippen LogP contribution in [0.5, 0.6) is 11.5 Å². The van der Waals surface area contributed by atoms with E-state index in [1.54, 1.807) is 83.5 Å². The van der Waals surface area contributed by atoms with Gasteiger partial charge in [0.25, 0.3) is 0 Å². The number of hydrogen-bond acceptors (Lipinski definition) is 7. The second-order valence-corrected chi connectivity index (χ2v) is 10.9. The van der Waals surface area contributed by atoms with Gasteiger partial charge in [-0.05, 0) is 67.3 Å². The predicted molar refractivity (Wildman–Crippen MR) is 189 cm³/mol. The van der Waals surface area contributed by atoms with E-state index in [0.29, 0.717) is 11.1 Å². The van der Waals surface area contributed by atoms with Crippen molar-refractivity contribution in [2.45, 2.75) is 77.8 Å². The molecule has 0 aliphatic rings. The Labute approximate surface area is 285 Å². The summed E-state index contributed by atoms with van der Waals surface area (Å²) in [4.78, 5) is 23.5. The minimum Gasteiger partial charge on any atom is -0.497 e. The van der Waals surface area contributed by atoms with Crippen LogP contribution >= 0.6 is 0 Å². The van der Waals surface area contributed by atoms with Gasteiger partial charge in [-0.15, -0.1) is 0 Å². The molecule has 4 aromatic carbocycles. The molecule has 4 rings (SSSR count). The monoisotopic (exact) mass is 659 g/mol. The number of esters is 2. The van der Waals surface area contributed by atoms with Crippen LogP contribution in [0.3, 0.4) is 0 Å². The van der Waals surface area contributed by atoms with Crippen molar-refractivity contribution >= 4 is 11.9 Å². The van der Waals surface area contributed by atoms with Crippen molar-refractivity contribution in [3.8, 4) is 11.5 Å². The number of halogens is 1. The normalized spacial score (nSPS) is 12.6. The van der Waals surface area contributed by atoms with E-state index in [9.17, 15) is 9.59 Å². The third-order valence-corrected chi connectivity index (χ3v) is 7.64. The second-order valence-electron chi connectivity index (χ2n) is 10.9. The maximum atomic E-state index is 15.9. The molecule has 0 aliphatic heterocycles. The fraction of sp³-hybridized carbons (Fsp3) is 0.350. The number of ether oxygens (including phenoxy) is 4. The summed E-state index contributed by atoms with van der Waals surface area (Å²) in [7, 11) is 3.26. The lowest BCUT2D eigenvalue weighted by molar-refractivity contribution is -0.154. The molecule has 2 unspecified atom stereocenters. The Kier molecular flexibility index (Phi) is 16.3. The Hall–Kier alpha value is -4.69. The Morgan fingerprint density at radius 2 is 1.08 bits per heavy atom.